The molecule has 0 saturated carbocycles. The molecule has 1 fully saturated rings. The number of alkyl halides is 1. The van der Waals surface area contributed by atoms with E-state index in [1.807, 2.05) is 29.2 Å². The fourth-order valence-corrected chi connectivity index (χ4v) is 2.25. The van der Waals surface area contributed by atoms with Gasteiger partial charge in [-0.2, -0.15) is 0 Å². The fourth-order valence-electron chi connectivity index (χ4n) is 1.99. The van der Waals surface area contributed by atoms with Crippen LogP contribution in [-0.4, -0.2) is 29.8 Å². The summed E-state index contributed by atoms with van der Waals surface area (Å²) in [5.41, 5.74) is -1.05. The van der Waals surface area contributed by atoms with Gasteiger partial charge in [-0.1, -0.05) is 15.9 Å². The SMILES string of the molecule is O=C(O)C1(F)CCN(c2ccc(Br)cc2)CC1. The molecule has 0 spiro atoms. The molecule has 1 N–H and O–H groups in total. The Labute approximate surface area is 107 Å². The van der Waals surface area contributed by atoms with E-state index in [4.69, 9.17) is 5.11 Å². The van der Waals surface area contributed by atoms with Crippen molar-refractivity contribution in [2.24, 2.45) is 0 Å². The molecule has 0 unspecified atom stereocenters. The van der Waals surface area contributed by atoms with E-state index in [0.29, 0.717) is 13.1 Å². The van der Waals surface area contributed by atoms with Crippen molar-refractivity contribution < 1.29 is 14.3 Å². The van der Waals surface area contributed by atoms with E-state index in [0.717, 1.165) is 10.2 Å². The number of carboxylic acid groups (broad SMARTS) is 1. The quantitative estimate of drug-likeness (QED) is 0.913. The number of nitrogens with zero attached hydrogens (tertiary/aromatic N) is 1. The Bertz CT molecular complexity index is 413. The van der Waals surface area contributed by atoms with Gasteiger partial charge >= 0.3 is 5.97 Å². The van der Waals surface area contributed by atoms with Crippen molar-refractivity contribution >= 4 is 27.6 Å². The highest BCUT2D eigenvalue weighted by atomic mass is 79.9. The maximum atomic E-state index is 13.8. The number of carboxylic acids is 1. The van der Waals surface area contributed by atoms with Gasteiger partial charge in [0.05, 0.1) is 0 Å². The average molecular weight is 302 g/mol. The van der Waals surface area contributed by atoms with Crippen molar-refractivity contribution in [1.82, 2.24) is 0 Å². The molecule has 0 aromatic heterocycles. The molecule has 1 saturated heterocycles. The summed E-state index contributed by atoms with van der Waals surface area (Å²) in [6.45, 7) is 0.870. The van der Waals surface area contributed by atoms with Gasteiger partial charge in [0, 0.05) is 36.1 Å². The average Bonchev–Trinajstić information content (AvgIpc) is 2.31. The molecule has 0 atom stereocenters. The number of hydrogen-bond donors (Lipinski definition) is 1. The normalized spacial score (nSPS) is 19.1. The predicted octanol–water partition coefficient (Wildman–Crippen LogP) is 2.84. The highest BCUT2D eigenvalue weighted by Crippen LogP contribution is 2.30. The zero-order valence-electron chi connectivity index (χ0n) is 9.20. The second kappa shape index (κ2) is 4.64. The van der Waals surface area contributed by atoms with Gasteiger partial charge in [-0.3, -0.25) is 0 Å². The van der Waals surface area contributed by atoms with Crippen LogP contribution in [0.1, 0.15) is 12.8 Å². The third kappa shape index (κ3) is 2.60. The molecule has 0 bridgehead atoms. The van der Waals surface area contributed by atoms with Gasteiger partial charge in [-0.05, 0) is 24.3 Å². The van der Waals surface area contributed by atoms with E-state index in [9.17, 15) is 9.18 Å². The summed E-state index contributed by atoms with van der Waals surface area (Å²) in [5, 5.41) is 8.79. The lowest BCUT2D eigenvalue weighted by Gasteiger charge is -2.35. The van der Waals surface area contributed by atoms with E-state index in [-0.39, 0.29) is 12.8 Å². The van der Waals surface area contributed by atoms with Gasteiger partial charge in [0.25, 0.3) is 0 Å². The van der Waals surface area contributed by atoms with Gasteiger partial charge in [0.1, 0.15) is 0 Å². The van der Waals surface area contributed by atoms with E-state index >= 15 is 0 Å². The lowest BCUT2D eigenvalue weighted by atomic mass is 9.93. The molecule has 0 aliphatic carbocycles. The van der Waals surface area contributed by atoms with Crippen molar-refractivity contribution in [3.05, 3.63) is 28.7 Å². The maximum Gasteiger partial charge on any atom is 0.341 e. The summed E-state index contributed by atoms with van der Waals surface area (Å²) >= 11 is 3.35. The summed E-state index contributed by atoms with van der Waals surface area (Å²) in [7, 11) is 0. The van der Waals surface area contributed by atoms with Crippen LogP contribution in [0.25, 0.3) is 0 Å². The van der Waals surface area contributed by atoms with Crippen LogP contribution in [0, 0.1) is 0 Å². The van der Waals surface area contributed by atoms with Gasteiger partial charge in [-0.15, -0.1) is 0 Å². The minimum Gasteiger partial charge on any atom is -0.479 e. The first-order valence-corrected chi connectivity index (χ1v) is 6.23. The second-order valence-corrected chi connectivity index (χ2v) is 5.15. The summed E-state index contributed by atoms with van der Waals surface area (Å²) in [5.74, 6) is -1.34. The predicted molar refractivity (Wildman–Crippen MR) is 67.1 cm³/mol. The Kier molecular flexibility index (Phi) is 3.38. The Morgan fingerprint density at radius 1 is 1.29 bits per heavy atom. The Morgan fingerprint density at radius 3 is 2.29 bits per heavy atom. The third-order valence-corrected chi connectivity index (χ3v) is 3.66. The molecule has 1 aliphatic heterocycles. The van der Waals surface area contributed by atoms with Crippen LogP contribution in [0.4, 0.5) is 10.1 Å². The summed E-state index contributed by atoms with van der Waals surface area (Å²) in [6, 6.07) is 7.72. The van der Waals surface area contributed by atoms with E-state index in [1.165, 1.54) is 0 Å². The minimum atomic E-state index is -2.05. The molecule has 1 heterocycles. The summed E-state index contributed by atoms with van der Waals surface area (Å²) < 4.78 is 14.8. The number of hydrogen-bond acceptors (Lipinski definition) is 2. The molecule has 0 radical (unpaired) electrons. The standard InChI is InChI=1S/C12H13BrFNO2/c13-9-1-3-10(4-2-9)15-7-5-12(14,6-8-15)11(16)17/h1-4H,5-8H2,(H,16,17). The van der Waals surface area contributed by atoms with Crippen molar-refractivity contribution in [3.8, 4) is 0 Å². The highest BCUT2D eigenvalue weighted by molar-refractivity contribution is 9.10. The number of carbonyl (C=O) groups is 1. The lowest BCUT2D eigenvalue weighted by molar-refractivity contribution is -0.152. The Balaban J connectivity index is 2.04. The Hall–Kier alpha value is -1.10. The molecule has 92 valence electrons. The van der Waals surface area contributed by atoms with Crippen LogP contribution in [0.2, 0.25) is 0 Å². The van der Waals surface area contributed by atoms with Gasteiger partial charge in [-0.25, -0.2) is 9.18 Å². The second-order valence-electron chi connectivity index (χ2n) is 4.23. The largest absolute Gasteiger partial charge is 0.479 e. The number of benzene rings is 1. The zero-order valence-corrected chi connectivity index (χ0v) is 10.8. The first-order chi connectivity index (χ1) is 8.01. The molecular formula is C12H13BrFNO2. The summed E-state index contributed by atoms with van der Waals surface area (Å²) in [6.07, 6.45) is 0.0802. The zero-order chi connectivity index (χ0) is 12.5. The number of rotatable bonds is 2. The van der Waals surface area contributed by atoms with Crippen LogP contribution in [0.15, 0.2) is 28.7 Å². The fraction of sp³-hybridized carbons (Fsp3) is 0.417. The lowest BCUT2D eigenvalue weighted by Crippen LogP contribution is -2.46. The number of anilines is 1. The monoisotopic (exact) mass is 301 g/mol. The minimum absolute atomic E-state index is 0.0401. The molecular weight excluding hydrogens is 289 g/mol. The summed E-state index contributed by atoms with van der Waals surface area (Å²) in [4.78, 5) is 12.8. The molecule has 1 aromatic carbocycles. The van der Waals surface area contributed by atoms with E-state index < -0.39 is 11.6 Å². The van der Waals surface area contributed by atoms with Gasteiger partial charge in [0.15, 0.2) is 0 Å². The van der Waals surface area contributed by atoms with Gasteiger partial charge in [0.2, 0.25) is 5.67 Å². The van der Waals surface area contributed by atoms with Crippen molar-refractivity contribution in [2.75, 3.05) is 18.0 Å². The number of halogens is 2. The highest BCUT2D eigenvalue weighted by Gasteiger charge is 2.41. The molecule has 17 heavy (non-hydrogen) atoms. The number of piperidine rings is 1. The smallest absolute Gasteiger partial charge is 0.341 e. The van der Waals surface area contributed by atoms with Crippen LogP contribution in [0.3, 0.4) is 0 Å². The van der Waals surface area contributed by atoms with Crippen LogP contribution in [0.5, 0.6) is 0 Å². The Morgan fingerprint density at radius 2 is 1.82 bits per heavy atom. The van der Waals surface area contributed by atoms with Crippen molar-refractivity contribution in [3.63, 3.8) is 0 Å². The first-order valence-electron chi connectivity index (χ1n) is 5.44. The maximum absolute atomic E-state index is 13.8. The van der Waals surface area contributed by atoms with Crippen LogP contribution >= 0.6 is 15.9 Å². The number of aliphatic carboxylic acids is 1. The molecule has 1 aliphatic rings. The van der Waals surface area contributed by atoms with E-state index in [1.54, 1.807) is 0 Å². The van der Waals surface area contributed by atoms with Crippen LogP contribution in [-0.2, 0) is 4.79 Å². The molecule has 2 rings (SSSR count). The molecule has 5 heteroatoms. The van der Waals surface area contributed by atoms with E-state index in [2.05, 4.69) is 15.9 Å². The third-order valence-electron chi connectivity index (χ3n) is 3.13. The van der Waals surface area contributed by atoms with Crippen LogP contribution < -0.4 is 4.90 Å². The van der Waals surface area contributed by atoms with Crippen molar-refractivity contribution in [1.29, 1.82) is 0 Å². The van der Waals surface area contributed by atoms with Gasteiger partial charge < -0.3 is 10.0 Å². The molecule has 0 amide bonds. The first kappa shape index (κ1) is 12.4. The van der Waals surface area contributed by atoms with Crippen molar-refractivity contribution in [2.45, 2.75) is 18.5 Å². The molecule has 3 nitrogen and oxygen atoms in total. The molecule has 1 aromatic rings. The topological polar surface area (TPSA) is 40.5 Å².